The molecule has 176 valence electrons. The van der Waals surface area contributed by atoms with Crippen LogP contribution in [-0.2, 0) is 18.4 Å². The summed E-state index contributed by atoms with van der Waals surface area (Å²) < 4.78 is 22.0. The van der Waals surface area contributed by atoms with Gasteiger partial charge in [-0.05, 0) is 41.2 Å². The lowest BCUT2D eigenvalue weighted by Crippen LogP contribution is -2.23. The molecule has 0 fully saturated rings. The van der Waals surface area contributed by atoms with Crippen molar-refractivity contribution in [1.82, 2.24) is 5.32 Å². The predicted octanol–water partition coefficient (Wildman–Crippen LogP) is 5.43. The molecule has 3 rings (SSSR count). The number of methoxy groups -OCH3 is 3. The number of ether oxygens (including phenoxy) is 3. The molecule has 0 radical (unpaired) electrons. The van der Waals surface area contributed by atoms with E-state index in [9.17, 15) is 4.79 Å². The maximum Gasteiger partial charge on any atom is 0.287 e. The van der Waals surface area contributed by atoms with Crippen LogP contribution < -0.4 is 19.5 Å². The number of benzene rings is 2. The second kappa shape index (κ2) is 10.0. The van der Waals surface area contributed by atoms with Gasteiger partial charge >= 0.3 is 0 Å². The molecule has 0 aliphatic heterocycles. The lowest BCUT2D eigenvalue weighted by Gasteiger charge is -2.20. The molecule has 0 bridgehead atoms. The zero-order valence-corrected chi connectivity index (χ0v) is 20.5. The fourth-order valence-electron chi connectivity index (χ4n) is 3.62. The van der Waals surface area contributed by atoms with Crippen LogP contribution in [0.25, 0.3) is 0 Å². The third kappa shape index (κ3) is 5.69. The van der Waals surface area contributed by atoms with E-state index < -0.39 is 0 Å². The number of rotatable bonds is 8. The Bertz CT molecular complexity index is 1100. The van der Waals surface area contributed by atoms with Crippen LogP contribution in [0, 0.1) is 6.92 Å². The molecule has 0 saturated heterocycles. The van der Waals surface area contributed by atoms with E-state index in [1.807, 2.05) is 6.07 Å². The highest BCUT2D eigenvalue weighted by atomic mass is 16.5. The smallest absolute Gasteiger partial charge is 0.287 e. The fourth-order valence-corrected chi connectivity index (χ4v) is 3.62. The molecule has 0 aliphatic rings. The first-order valence-electron chi connectivity index (χ1n) is 10.9. The van der Waals surface area contributed by atoms with Crippen molar-refractivity contribution in [2.24, 2.45) is 0 Å². The van der Waals surface area contributed by atoms with Crippen molar-refractivity contribution in [1.29, 1.82) is 0 Å². The highest BCUT2D eigenvalue weighted by molar-refractivity contribution is 5.91. The third-order valence-electron chi connectivity index (χ3n) is 5.71. The van der Waals surface area contributed by atoms with Gasteiger partial charge in [-0.3, -0.25) is 4.79 Å². The molecule has 1 amide bonds. The number of nitrogens with one attached hydrogen (secondary N) is 1. The summed E-state index contributed by atoms with van der Waals surface area (Å²) in [6.45, 7) is 8.91. The van der Waals surface area contributed by atoms with Crippen LogP contribution in [0.3, 0.4) is 0 Å². The number of carbonyl (C=O) groups is 1. The van der Waals surface area contributed by atoms with Gasteiger partial charge in [-0.15, -0.1) is 0 Å². The number of carbonyl (C=O) groups excluding carboxylic acids is 1. The van der Waals surface area contributed by atoms with E-state index in [4.69, 9.17) is 18.6 Å². The van der Waals surface area contributed by atoms with Gasteiger partial charge in [-0.2, -0.15) is 0 Å². The monoisotopic (exact) mass is 451 g/mol. The van der Waals surface area contributed by atoms with Gasteiger partial charge in [0.15, 0.2) is 5.76 Å². The first kappa shape index (κ1) is 24.2. The summed E-state index contributed by atoms with van der Waals surface area (Å²) in [6.07, 6.45) is 0.628. The van der Waals surface area contributed by atoms with Crippen molar-refractivity contribution in [2.75, 3.05) is 21.3 Å². The number of hydrogen-bond donors (Lipinski definition) is 1. The molecule has 0 unspecified atom stereocenters. The Morgan fingerprint density at radius 1 is 0.939 bits per heavy atom. The van der Waals surface area contributed by atoms with E-state index in [1.54, 1.807) is 39.5 Å². The molecule has 1 N–H and O–H groups in total. The highest BCUT2D eigenvalue weighted by Gasteiger charge is 2.18. The van der Waals surface area contributed by atoms with Gasteiger partial charge in [0.1, 0.15) is 23.0 Å². The molecular formula is C27H33NO5. The molecule has 1 heterocycles. The molecule has 2 aromatic carbocycles. The molecule has 0 saturated carbocycles. The van der Waals surface area contributed by atoms with Crippen LogP contribution in [0.1, 0.15) is 59.3 Å². The van der Waals surface area contributed by atoms with Gasteiger partial charge in [-0.1, -0.05) is 39.0 Å². The molecule has 6 nitrogen and oxygen atoms in total. The Balaban J connectivity index is 1.73. The quantitative estimate of drug-likeness (QED) is 0.494. The Kier molecular flexibility index (Phi) is 7.36. The predicted molar refractivity (Wildman–Crippen MR) is 129 cm³/mol. The zero-order chi connectivity index (χ0) is 24.2. The molecule has 0 aliphatic carbocycles. The van der Waals surface area contributed by atoms with Gasteiger partial charge in [0.2, 0.25) is 0 Å². The summed E-state index contributed by atoms with van der Waals surface area (Å²) in [6, 6.07) is 13.6. The molecule has 0 atom stereocenters. The van der Waals surface area contributed by atoms with E-state index in [2.05, 4.69) is 51.2 Å². The molecule has 33 heavy (non-hydrogen) atoms. The normalized spacial score (nSPS) is 11.2. The van der Waals surface area contributed by atoms with Crippen LogP contribution in [-0.4, -0.2) is 27.2 Å². The van der Waals surface area contributed by atoms with Gasteiger partial charge in [0, 0.05) is 18.6 Å². The molecule has 6 heteroatoms. The van der Waals surface area contributed by atoms with E-state index in [-0.39, 0.29) is 23.6 Å². The van der Waals surface area contributed by atoms with Crippen molar-refractivity contribution in [3.05, 3.63) is 76.2 Å². The van der Waals surface area contributed by atoms with Gasteiger partial charge < -0.3 is 23.9 Å². The lowest BCUT2D eigenvalue weighted by molar-refractivity contribution is 0.0921. The first-order chi connectivity index (χ1) is 15.7. The standard InChI is InChI=1S/C27H33NO5/c1-17-8-9-19(27(2,3)4)12-18(17)13-20-10-11-23(33-20)26(29)28-16-22-24(31-6)14-21(30-5)15-25(22)32-7/h8-12,14-15H,13,16H2,1-7H3,(H,28,29). The second-order valence-corrected chi connectivity index (χ2v) is 9.03. The van der Waals surface area contributed by atoms with E-state index in [0.29, 0.717) is 23.7 Å². The van der Waals surface area contributed by atoms with Crippen LogP contribution in [0.5, 0.6) is 17.2 Å². The molecule has 3 aromatic rings. The van der Waals surface area contributed by atoms with Crippen molar-refractivity contribution >= 4 is 5.91 Å². The van der Waals surface area contributed by atoms with Crippen LogP contribution in [0.2, 0.25) is 0 Å². The Morgan fingerprint density at radius 2 is 1.61 bits per heavy atom. The molecular weight excluding hydrogens is 418 g/mol. The van der Waals surface area contributed by atoms with Crippen LogP contribution >= 0.6 is 0 Å². The Hall–Kier alpha value is -3.41. The third-order valence-corrected chi connectivity index (χ3v) is 5.71. The van der Waals surface area contributed by atoms with Crippen molar-refractivity contribution in [2.45, 2.75) is 46.1 Å². The van der Waals surface area contributed by atoms with Gasteiger partial charge in [0.25, 0.3) is 5.91 Å². The number of furan rings is 1. The van der Waals surface area contributed by atoms with Crippen LogP contribution in [0.15, 0.2) is 46.9 Å². The first-order valence-corrected chi connectivity index (χ1v) is 10.9. The van der Waals surface area contributed by atoms with Crippen LogP contribution in [0.4, 0.5) is 0 Å². The minimum Gasteiger partial charge on any atom is -0.496 e. The highest BCUT2D eigenvalue weighted by Crippen LogP contribution is 2.34. The van der Waals surface area contributed by atoms with E-state index in [0.717, 1.165) is 11.3 Å². The van der Waals surface area contributed by atoms with Crippen molar-refractivity contribution < 1.29 is 23.4 Å². The summed E-state index contributed by atoms with van der Waals surface area (Å²) in [5.74, 6) is 2.46. The Labute approximate surface area is 195 Å². The maximum atomic E-state index is 12.7. The summed E-state index contributed by atoms with van der Waals surface area (Å²) in [7, 11) is 4.70. The number of aryl methyl sites for hydroxylation is 1. The topological polar surface area (TPSA) is 69.9 Å². The Morgan fingerprint density at radius 3 is 2.18 bits per heavy atom. The second-order valence-electron chi connectivity index (χ2n) is 9.03. The minimum atomic E-state index is -0.304. The van der Waals surface area contributed by atoms with E-state index in [1.165, 1.54) is 16.7 Å². The number of hydrogen-bond acceptors (Lipinski definition) is 5. The summed E-state index contributed by atoms with van der Waals surface area (Å²) in [4.78, 5) is 12.7. The van der Waals surface area contributed by atoms with Crippen molar-refractivity contribution in [3.63, 3.8) is 0 Å². The van der Waals surface area contributed by atoms with Gasteiger partial charge in [-0.25, -0.2) is 0 Å². The molecule has 1 aromatic heterocycles. The van der Waals surface area contributed by atoms with E-state index >= 15 is 0 Å². The average molecular weight is 452 g/mol. The summed E-state index contributed by atoms with van der Waals surface area (Å²) in [5.41, 5.74) is 4.45. The lowest BCUT2D eigenvalue weighted by atomic mass is 9.85. The minimum absolute atomic E-state index is 0.0697. The SMILES string of the molecule is COc1cc(OC)c(CNC(=O)c2ccc(Cc3cc(C(C)(C)C)ccc3C)o2)c(OC)c1. The largest absolute Gasteiger partial charge is 0.496 e. The number of amides is 1. The average Bonchev–Trinajstić information content (AvgIpc) is 3.26. The zero-order valence-electron chi connectivity index (χ0n) is 20.5. The summed E-state index contributed by atoms with van der Waals surface area (Å²) >= 11 is 0. The van der Waals surface area contributed by atoms with Crippen molar-refractivity contribution in [3.8, 4) is 17.2 Å². The maximum absolute atomic E-state index is 12.7. The fraction of sp³-hybridized carbons (Fsp3) is 0.370. The molecule has 0 spiro atoms. The summed E-state index contributed by atoms with van der Waals surface area (Å²) in [5, 5.41) is 2.89. The van der Waals surface area contributed by atoms with Gasteiger partial charge in [0.05, 0.1) is 33.4 Å².